The summed E-state index contributed by atoms with van der Waals surface area (Å²) in [6, 6.07) is 11.7. The van der Waals surface area contributed by atoms with Crippen LogP contribution in [0.25, 0.3) is 0 Å². The molecule has 2 heterocycles. The molecule has 2 aromatic rings. The molecule has 0 saturated carbocycles. The average molecular weight is 420 g/mol. The molecule has 1 fully saturated rings. The minimum absolute atomic E-state index is 0.135. The van der Waals surface area contributed by atoms with Crippen LogP contribution in [0.4, 0.5) is 0 Å². The van der Waals surface area contributed by atoms with Gasteiger partial charge in [-0.2, -0.15) is 5.26 Å². The number of hydrogen-bond acceptors (Lipinski definition) is 6. The number of piperidine rings is 1. The van der Waals surface area contributed by atoms with Gasteiger partial charge in [-0.15, -0.1) is 11.3 Å². The van der Waals surface area contributed by atoms with Crippen molar-refractivity contribution in [2.24, 2.45) is 0 Å². The molecule has 1 saturated heterocycles. The number of ether oxygens (including phenoxy) is 1. The monoisotopic (exact) mass is 419 g/mol. The Kier molecular flexibility index (Phi) is 6.34. The molecule has 1 aromatic carbocycles. The third-order valence-corrected chi connectivity index (χ3v) is 7.45. The number of nitrogens with zero attached hydrogens (tertiary/aromatic N) is 2. The number of rotatable bonds is 6. The maximum Gasteiger partial charge on any atom is 0.263 e. The zero-order valence-electron chi connectivity index (χ0n) is 15.4. The van der Waals surface area contributed by atoms with Gasteiger partial charge in [0.25, 0.3) is 5.91 Å². The Bertz CT molecular complexity index is 942. The molecule has 9 heteroatoms. The van der Waals surface area contributed by atoms with Crippen molar-refractivity contribution in [1.82, 2.24) is 9.62 Å². The minimum atomic E-state index is -3.50. The van der Waals surface area contributed by atoms with Crippen LogP contribution in [0.5, 0.6) is 5.75 Å². The number of hydrogen-bond donors (Lipinski definition) is 1. The van der Waals surface area contributed by atoms with Crippen LogP contribution in [0.3, 0.4) is 0 Å². The second-order valence-electron chi connectivity index (χ2n) is 6.55. The van der Waals surface area contributed by atoms with E-state index in [2.05, 4.69) is 4.72 Å². The third-order valence-electron chi connectivity index (χ3n) is 4.53. The number of nitrogens with one attached hydrogen (secondary N) is 1. The van der Waals surface area contributed by atoms with Crippen molar-refractivity contribution in [2.45, 2.75) is 36.1 Å². The zero-order valence-corrected chi connectivity index (χ0v) is 17.0. The first-order valence-electron chi connectivity index (χ1n) is 8.90. The van der Waals surface area contributed by atoms with Gasteiger partial charge in [0.1, 0.15) is 9.96 Å². The largest absolute Gasteiger partial charge is 0.481 e. The molecule has 0 aliphatic carbocycles. The van der Waals surface area contributed by atoms with E-state index in [-0.39, 0.29) is 11.9 Å². The van der Waals surface area contributed by atoms with Crippen molar-refractivity contribution in [2.75, 3.05) is 13.1 Å². The molecule has 0 bridgehead atoms. The summed E-state index contributed by atoms with van der Waals surface area (Å²) in [6.07, 6.45) is 0.451. The number of carbonyl (C=O) groups is 1. The molecular weight excluding hydrogens is 398 g/mol. The number of nitriles is 1. The Balaban J connectivity index is 1.51. The predicted octanol–water partition coefficient (Wildman–Crippen LogP) is 2.36. The Morgan fingerprint density at radius 1 is 1.29 bits per heavy atom. The Hall–Kier alpha value is -2.41. The van der Waals surface area contributed by atoms with E-state index in [0.29, 0.717) is 41.5 Å². The lowest BCUT2D eigenvalue weighted by Crippen LogP contribution is -2.49. The first-order valence-corrected chi connectivity index (χ1v) is 11.3. The van der Waals surface area contributed by atoms with Crippen LogP contribution < -0.4 is 9.46 Å². The summed E-state index contributed by atoms with van der Waals surface area (Å²) < 4.78 is 33.3. The molecule has 28 heavy (non-hydrogen) atoms. The van der Waals surface area contributed by atoms with Gasteiger partial charge >= 0.3 is 0 Å². The lowest BCUT2D eigenvalue weighted by Gasteiger charge is -2.33. The van der Waals surface area contributed by atoms with Gasteiger partial charge in [0.15, 0.2) is 6.10 Å². The highest BCUT2D eigenvalue weighted by Crippen LogP contribution is 2.20. The van der Waals surface area contributed by atoms with Crippen LogP contribution in [0.2, 0.25) is 0 Å². The first-order chi connectivity index (χ1) is 13.4. The maximum atomic E-state index is 12.6. The van der Waals surface area contributed by atoms with Gasteiger partial charge in [-0.25, -0.2) is 13.1 Å². The van der Waals surface area contributed by atoms with E-state index >= 15 is 0 Å². The Morgan fingerprint density at radius 2 is 1.96 bits per heavy atom. The van der Waals surface area contributed by atoms with E-state index in [9.17, 15) is 13.2 Å². The van der Waals surface area contributed by atoms with Crippen molar-refractivity contribution >= 4 is 27.3 Å². The second-order valence-corrected chi connectivity index (χ2v) is 9.44. The molecule has 1 unspecified atom stereocenters. The first kappa shape index (κ1) is 20.3. The number of benzene rings is 1. The molecule has 1 aliphatic heterocycles. The van der Waals surface area contributed by atoms with Crippen molar-refractivity contribution in [3.63, 3.8) is 0 Å². The molecule has 7 nitrogen and oxygen atoms in total. The van der Waals surface area contributed by atoms with E-state index in [4.69, 9.17) is 10.00 Å². The quantitative estimate of drug-likeness (QED) is 0.775. The topological polar surface area (TPSA) is 99.5 Å². The van der Waals surface area contributed by atoms with Crippen LogP contribution in [-0.4, -0.2) is 44.5 Å². The van der Waals surface area contributed by atoms with Crippen molar-refractivity contribution in [3.05, 3.63) is 47.3 Å². The summed E-state index contributed by atoms with van der Waals surface area (Å²) in [4.78, 5) is 14.3. The van der Waals surface area contributed by atoms with Crippen LogP contribution in [-0.2, 0) is 14.8 Å². The molecule has 0 spiro atoms. The number of amides is 1. The van der Waals surface area contributed by atoms with Gasteiger partial charge in [-0.05, 0) is 55.5 Å². The van der Waals surface area contributed by atoms with Crippen LogP contribution in [0, 0.1) is 11.3 Å². The standard InChI is InChI=1S/C19H21N3O4S2/c1-14(26-17-6-4-15(13-20)5-7-17)19(23)22-10-8-16(9-11-22)21-28(24,25)18-3-2-12-27-18/h2-7,12,14,16,21H,8-11H2,1H3. The highest BCUT2D eigenvalue weighted by atomic mass is 32.2. The highest BCUT2D eigenvalue weighted by molar-refractivity contribution is 7.91. The lowest BCUT2D eigenvalue weighted by molar-refractivity contribution is -0.139. The number of carbonyl (C=O) groups excluding carboxylic acids is 1. The van der Waals surface area contributed by atoms with Crippen LogP contribution in [0.15, 0.2) is 46.0 Å². The fraction of sp³-hybridized carbons (Fsp3) is 0.368. The van der Waals surface area contributed by atoms with Crippen molar-refractivity contribution < 1.29 is 17.9 Å². The molecule has 1 aliphatic rings. The summed E-state index contributed by atoms with van der Waals surface area (Å²) in [6.45, 7) is 2.63. The van der Waals surface area contributed by atoms with Gasteiger partial charge in [0, 0.05) is 19.1 Å². The lowest BCUT2D eigenvalue weighted by atomic mass is 10.1. The Labute approximate surface area is 168 Å². The number of thiophene rings is 1. The maximum absolute atomic E-state index is 12.6. The summed E-state index contributed by atoms with van der Waals surface area (Å²) in [5.41, 5.74) is 0.526. The zero-order chi connectivity index (χ0) is 20.1. The number of sulfonamides is 1. The number of likely N-dealkylation sites (tertiary alicyclic amines) is 1. The molecule has 148 valence electrons. The van der Waals surface area contributed by atoms with Gasteiger partial charge in [0.05, 0.1) is 11.6 Å². The van der Waals surface area contributed by atoms with E-state index in [0.717, 1.165) is 0 Å². The molecule has 0 radical (unpaired) electrons. The van der Waals surface area contributed by atoms with Gasteiger partial charge in [0.2, 0.25) is 10.0 Å². The fourth-order valence-electron chi connectivity index (χ4n) is 3.03. The summed E-state index contributed by atoms with van der Waals surface area (Å²) >= 11 is 1.18. The summed E-state index contributed by atoms with van der Waals surface area (Å²) in [5.74, 6) is 0.391. The molecule has 3 rings (SSSR count). The highest BCUT2D eigenvalue weighted by Gasteiger charge is 2.29. The average Bonchev–Trinajstić information content (AvgIpc) is 3.24. The molecule has 1 N–H and O–H groups in total. The third kappa shape index (κ3) is 4.90. The van der Waals surface area contributed by atoms with Gasteiger partial charge in [-0.1, -0.05) is 6.07 Å². The van der Waals surface area contributed by atoms with Crippen molar-refractivity contribution in [3.8, 4) is 11.8 Å². The summed E-state index contributed by atoms with van der Waals surface area (Å²) in [5, 5.41) is 10.5. The van der Waals surface area contributed by atoms with Gasteiger partial charge in [-0.3, -0.25) is 4.79 Å². The fourth-order valence-corrected chi connectivity index (χ4v) is 5.35. The van der Waals surface area contributed by atoms with E-state index < -0.39 is 16.1 Å². The molecule has 1 atom stereocenters. The molecular formula is C19H21N3O4S2. The van der Waals surface area contributed by atoms with Crippen LogP contribution in [0.1, 0.15) is 25.3 Å². The second kappa shape index (κ2) is 8.73. The SMILES string of the molecule is CC(Oc1ccc(C#N)cc1)C(=O)N1CCC(NS(=O)(=O)c2cccs2)CC1. The Morgan fingerprint density at radius 3 is 2.54 bits per heavy atom. The van der Waals surface area contributed by atoms with E-state index in [1.807, 2.05) is 6.07 Å². The van der Waals surface area contributed by atoms with Crippen LogP contribution >= 0.6 is 11.3 Å². The smallest absolute Gasteiger partial charge is 0.263 e. The summed E-state index contributed by atoms with van der Waals surface area (Å²) in [7, 11) is -3.50. The molecule has 1 amide bonds. The minimum Gasteiger partial charge on any atom is -0.481 e. The normalized spacial score (nSPS) is 16.4. The van der Waals surface area contributed by atoms with Gasteiger partial charge < -0.3 is 9.64 Å². The van der Waals surface area contributed by atoms with E-state index in [1.54, 1.807) is 53.6 Å². The van der Waals surface area contributed by atoms with E-state index in [1.165, 1.54) is 11.3 Å². The molecule has 1 aromatic heterocycles. The predicted molar refractivity (Wildman–Crippen MR) is 105 cm³/mol. The van der Waals surface area contributed by atoms with Crippen molar-refractivity contribution in [1.29, 1.82) is 5.26 Å².